The van der Waals surface area contributed by atoms with Gasteiger partial charge in [0.25, 0.3) is 0 Å². The first-order valence-corrected chi connectivity index (χ1v) is 9.85. The molecule has 0 saturated heterocycles. The van der Waals surface area contributed by atoms with Crippen LogP contribution in [0.3, 0.4) is 0 Å². The zero-order valence-corrected chi connectivity index (χ0v) is 16.7. The smallest absolute Gasteiger partial charge is 0.340 e. The molecule has 5 rings (SSSR count). The Balaban J connectivity index is 1.76. The van der Waals surface area contributed by atoms with E-state index in [0.717, 1.165) is 0 Å². The Bertz CT molecular complexity index is 1180. The van der Waals surface area contributed by atoms with Crippen molar-refractivity contribution in [2.75, 3.05) is 5.32 Å². The van der Waals surface area contributed by atoms with E-state index in [9.17, 15) is 15.0 Å². The average molecular weight is 419 g/mol. The lowest BCUT2D eigenvalue weighted by atomic mass is 9.77. The van der Waals surface area contributed by atoms with E-state index in [2.05, 4.69) is 5.32 Å². The molecule has 0 radical (unpaired) electrons. The lowest BCUT2D eigenvalue weighted by Gasteiger charge is -2.36. The van der Waals surface area contributed by atoms with Gasteiger partial charge >= 0.3 is 5.97 Å². The van der Waals surface area contributed by atoms with Crippen LogP contribution in [-0.4, -0.2) is 21.2 Å². The zero-order valence-electron chi connectivity index (χ0n) is 15.9. The van der Waals surface area contributed by atoms with Crippen LogP contribution in [0.15, 0.2) is 54.6 Å². The fourth-order valence-electron chi connectivity index (χ4n) is 4.03. The molecule has 2 aliphatic rings. The Morgan fingerprint density at radius 1 is 0.967 bits per heavy atom. The number of anilines is 1. The third kappa shape index (κ3) is 2.55. The summed E-state index contributed by atoms with van der Waals surface area (Å²) >= 11 is 5.25. The molecule has 0 unspecified atom stereocenters. The Morgan fingerprint density at radius 3 is 2.17 bits per heavy atom. The maximum Gasteiger partial charge on any atom is 0.340 e. The van der Waals surface area contributed by atoms with Crippen molar-refractivity contribution in [3.05, 3.63) is 76.9 Å². The first kappa shape index (κ1) is 18.4. The molecule has 0 bridgehead atoms. The van der Waals surface area contributed by atoms with Gasteiger partial charge in [-0.15, -0.1) is 0 Å². The van der Waals surface area contributed by atoms with Gasteiger partial charge in [0.05, 0.1) is 10.6 Å². The van der Waals surface area contributed by atoms with Crippen molar-refractivity contribution in [1.29, 1.82) is 0 Å². The Hall–Kier alpha value is -3.58. The first-order chi connectivity index (χ1) is 14.4. The number of fused-ring (bicyclic) bond motifs is 6. The number of nitrogens with one attached hydrogen (secondary N) is 1. The minimum Gasteiger partial charge on any atom is -0.508 e. The molecule has 0 fully saturated rings. The van der Waals surface area contributed by atoms with Crippen LogP contribution in [0.25, 0.3) is 0 Å². The number of phenols is 2. The third-order valence-electron chi connectivity index (χ3n) is 5.38. The van der Waals surface area contributed by atoms with Crippen molar-refractivity contribution in [3.63, 3.8) is 0 Å². The van der Waals surface area contributed by atoms with Crippen molar-refractivity contribution < 1.29 is 24.5 Å². The summed E-state index contributed by atoms with van der Waals surface area (Å²) in [6.07, 6.45) is 0.686. The topological polar surface area (TPSA) is 88.0 Å². The summed E-state index contributed by atoms with van der Waals surface area (Å²) in [5.74, 6) is 0.261. The number of benzene rings is 3. The second-order valence-electron chi connectivity index (χ2n) is 7.20. The van der Waals surface area contributed by atoms with Gasteiger partial charge < -0.3 is 25.0 Å². The number of thiocarbonyl (C=S) groups is 1. The predicted octanol–water partition coefficient (Wildman–Crippen LogP) is 4.82. The molecule has 3 aromatic carbocycles. The van der Waals surface area contributed by atoms with E-state index in [4.69, 9.17) is 21.7 Å². The SMILES string of the molecule is CCC(=S)Nc1ccc2c(c1)C(=O)OC21c2ccc(O)cc2Oc2cc(O)ccc21. The number of carbonyl (C=O) groups is 1. The third-order valence-corrected chi connectivity index (χ3v) is 5.77. The van der Waals surface area contributed by atoms with Crippen LogP contribution in [0.4, 0.5) is 5.69 Å². The van der Waals surface area contributed by atoms with Gasteiger partial charge in [0.2, 0.25) is 0 Å². The lowest BCUT2D eigenvalue weighted by Crippen LogP contribution is -2.32. The van der Waals surface area contributed by atoms with Crippen LogP contribution in [0.2, 0.25) is 0 Å². The summed E-state index contributed by atoms with van der Waals surface area (Å²) < 4.78 is 12.0. The largest absolute Gasteiger partial charge is 0.508 e. The predicted molar refractivity (Wildman–Crippen MR) is 115 cm³/mol. The number of rotatable bonds is 2. The molecule has 2 heterocycles. The van der Waals surface area contributed by atoms with Gasteiger partial charge in [0.1, 0.15) is 23.0 Å². The zero-order chi connectivity index (χ0) is 21.0. The fourth-order valence-corrected chi connectivity index (χ4v) is 4.15. The number of hydrogen-bond donors (Lipinski definition) is 3. The number of phenolic OH excluding ortho intramolecular Hbond substituents is 2. The molecule has 0 aliphatic carbocycles. The van der Waals surface area contributed by atoms with Gasteiger partial charge in [0, 0.05) is 34.5 Å². The Labute approximate surface area is 177 Å². The quantitative estimate of drug-likeness (QED) is 0.406. The van der Waals surface area contributed by atoms with Gasteiger partial charge in [-0.3, -0.25) is 0 Å². The van der Waals surface area contributed by atoms with Gasteiger partial charge in [-0.2, -0.15) is 0 Å². The molecule has 0 atom stereocenters. The highest BCUT2D eigenvalue weighted by Crippen LogP contribution is 2.57. The highest BCUT2D eigenvalue weighted by molar-refractivity contribution is 7.80. The van der Waals surface area contributed by atoms with E-state index < -0.39 is 11.6 Å². The highest BCUT2D eigenvalue weighted by atomic mass is 32.1. The second-order valence-corrected chi connectivity index (χ2v) is 7.69. The maximum absolute atomic E-state index is 13.0. The Morgan fingerprint density at radius 2 is 1.57 bits per heavy atom. The molecule has 150 valence electrons. The van der Waals surface area contributed by atoms with Crippen molar-refractivity contribution in [2.24, 2.45) is 0 Å². The van der Waals surface area contributed by atoms with Crippen molar-refractivity contribution >= 4 is 28.9 Å². The van der Waals surface area contributed by atoms with E-state index in [0.29, 0.717) is 50.8 Å². The molecule has 0 amide bonds. The van der Waals surface area contributed by atoms with Crippen molar-refractivity contribution in [1.82, 2.24) is 0 Å². The normalized spacial score (nSPS) is 14.9. The summed E-state index contributed by atoms with van der Waals surface area (Å²) in [5, 5.41) is 23.0. The minimum atomic E-state index is -1.25. The van der Waals surface area contributed by atoms with E-state index in [1.807, 2.05) is 19.1 Å². The van der Waals surface area contributed by atoms with Crippen LogP contribution >= 0.6 is 12.2 Å². The van der Waals surface area contributed by atoms with Gasteiger partial charge in [-0.05, 0) is 42.8 Å². The van der Waals surface area contributed by atoms with Crippen LogP contribution in [0.5, 0.6) is 23.0 Å². The molecular weight excluding hydrogens is 402 g/mol. The fraction of sp³-hybridized carbons (Fsp3) is 0.130. The van der Waals surface area contributed by atoms with Crippen LogP contribution < -0.4 is 10.1 Å². The lowest BCUT2D eigenvalue weighted by molar-refractivity contribution is 0.0224. The highest BCUT2D eigenvalue weighted by Gasteiger charge is 2.53. The van der Waals surface area contributed by atoms with E-state index in [-0.39, 0.29) is 11.5 Å². The number of hydrogen-bond acceptors (Lipinski definition) is 6. The second kappa shape index (κ2) is 6.47. The molecule has 0 aromatic heterocycles. The molecule has 0 saturated carbocycles. The number of carbonyl (C=O) groups excluding carboxylic acids is 1. The van der Waals surface area contributed by atoms with Crippen molar-refractivity contribution in [2.45, 2.75) is 18.9 Å². The molecule has 3 aromatic rings. The van der Waals surface area contributed by atoms with Gasteiger partial charge in [0.15, 0.2) is 5.60 Å². The summed E-state index contributed by atoms with van der Waals surface area (Å²) in [7, 11) is 0. The average Bonchev–Trinajstić information content (AvgIpc) is 3.00. The van der Waals surface area contributed by atoms with E-state index in [1.165, 1.54) is 24.3 Å². The van der Waals surface area contributed by atoms with Crippen molar-refractivity contribution in [3.8, 4) is 23.0 Å². The van der Waals surface area contributed by atoms with Crippen LogP contribution in [0, 0.1) is 0 Å². The van der Waals surface area contributed by atoms with E-state index >= 15 is 0 Å². The molecule has 7 heteroatoms. The Kier molecular flexibility index (Phi) is 3.98. The molecule has 1 spiro atoms. The van der Waals surface area contributed by atoms with E-state index in [1.54, 1.807) is 18.2 Å². The van der Waals surface area contributed by atoms with Gasteiger partial charge in [-0.25, -0.2) is 4.79 Å². The minimum absolute atomic E-state index is 0.0182. The molecular formula is C23H17NO5S. The van der Waals surface area contributed by atoms with Crippen LogP contribution in [0.1, 0.15) is 40.4 Å². The first-order valence-electron chi connectivity index (χ1n) is 9.45. The maximum atomic E-state index is 13.0. The number of aromatic hydroxyl groups is 2. The summed E-state index contributed by atoms with van der Waals surface area (Å²) in [6, 6.07) is 14.7. The molecule has 30 heavy (non-hydrogen) atoms. The molecule has 3 N–H and O–H groups in total. The van der Waals surface area contributed by atoms with Gasteiger partial charge in [-0.1, -0.05) is 25.2 Å². The summed E-state index contributed by atoms with van der Waals surface area (Å²) in [6.45, 7) is 1.95. The standard InChI is InChI=1S/C23H17NO5S/c1-2-21(30)24-12-3-6-16-15(9-12)22(27)29-23(16)17-7-4-13(25)10-19(17)28-20-11-14(26)5-8-18(20)23/h3-11,25-26H,2H2,1H3,(H,24,30). The molecule has 2 aliphatic heterocycles. The number of esters is 1. The monoisotopic (exact) mass is 419 g/mol. The van der Waals surface area contributed by atoms with Crippen LogP contribution in [-0.2, 0) is 10.3 Å². The molecule has 6 nitrogen and oxygen atoms in total. The summed E-state index contributed by atoms with van der Waals surface area (Å²) in [4.78, 5) is 13.6. The number of ether oxygens (including phenoxy) is 2. The summed E-state index contributed by atoms with van der Waals surface area (Å²) in [5.41, 5.74) is 1.71.